The highest BCUT2D eigenvalue weighted by Gasteiger charge is 2.37. The highest BCUT2D eigenvalue weighted by molar-refractivity contribution is 5.86. The Morgan fingerprint density at radius 3 is 2.27 bits per heavy atom. The van der Waals surface area contributed by atoms with Gasteiger partial charge in [0.1, 0.15) is 6.54 Å². The molecule has 0 aromatic rings. The lowest BCUT2D eigenvalue weighted by molar-refractivity contribution is -0.142. The van der Waals surface area contributed by atoms with E-state index < -0.39 is 24.2 Å². The van der Waals surface area contributed by atoms with Crippen molar-refractivity contribution in [2.45, 2.75) is 43.8 Å². The molecule has 0 bridgehead atoms. The molecule has 0 spiro atoms. The highest BCUT2D eigenvalue weighted by atomic mass is 19.4. The van der Waals surface area contributed by atoms with Crippen molar-refractivity contribution in [3.63, 3.8) is 0 Å². The molecule has 0 aliphatic heterocycles. The van der Waals surface area contributed by atoms with Crippen molar-refractivity contribution in [2.75, 3.05) is 6.54 Å². The Morgan fingerprint density at radius 1 is 1.27 bits per heavy atom. The number of hydrogen-bond donors (Lipinski definition) is 2. The van der Waals surface area contributed by atoms with Crippen LogP contribution in [-0.4, -0.2) is 24.2 Å². The summed E-state index contributed by atoms with van der Waals surface area (Å²) in [4.78, 5) is 11.4. The van der Waals surface area contributed by atoms with Gasteiger partial charge in [0.2, 0.25) is 5.91 Å². The molecule has 0 atom stereocenters. The van der Waals surface area contributed by atoms with Crippen molar-refractivity contribution < 1.29 is 18.0 Å². The Morgan fingerprint density at radius 2 is 1.80 bits per heavy atom. The summed E-state index contributed by atoms with van der Waals surface area (Å²) in [6.45, 7) is -1.30. The minimum Gasteiger partial charge on any atom is -0.345 e. The Kier molecular flexibility index (Phi) is 3.59. The van der Waals surface area contributed by atoms with Crippen LogP contribution in [0, 0.1) is 0 Å². The molecular weight excluding hydrogens is 209 g/mol. The Bertz CT molecular complexity index is 234. The molecule has 0 radical (unpaired) electrons. The number of halogens is 3. The summed E-state index contributed by atoms with van der Waals surface area (Å²) in [6, 6.07) is 0. The summed E-state index contributed by atoms with van der Waals surface area (Å²) in [5.41, 5.74) is 4.66. The van der Waals surface area contributed by atoms with E-state index in [2.05, 4.69) is 0 Å². The minimum absolute atomic E-state index is 0.469. The van der Waals surface area contributed by atoms with Crippen LogP contribution in [0.4, 0.5) is 13.2 Å². The third-order valence-electron chi connectivity index (χ3n) is 2.65. The molecule has 1 aliphatic carbocycles. The first kappa shape index (κ1) is 12.3. The van der Waals surface area contributed by atoms with Crippen molar-refractivity contribution in [3.05, 3.63) is 0 Å². The van der Waals surface area contributed by atoms with E-state index in [4.69, 9.17) is 5.73 Å². The largest absolute Gasteiger partial charge is 0.405 e. The van der Waals surface area contributed by atoms with Crippen LogP contribution in [-0.2, 0) is 4.79 Å². The van der Waals surface area contributed by atoms with Crippen molar-refractivity contribution >= 4 is 5.91 Å². The molecule has 88 valence electrons. The van der Waals surface area contributed by atoms with E-state index in [0.29, 0.717) is 12.8 Å². The number of carbonyl (C=O) groups is 1. The first-order chi connectivity index (χ1) is 6.83. The summed E-state index contributed by atoms with van der Waals surface area (Å²) in [6.07, 6.45) is -0.842. The van der Waals surface area contributed by atoms with Crippen LogP contribution in [0.15, 0.2) is 0 Å². The molecule has 3 nitrogen and oxygen atoms in total. The van der Waals surface area contributed by atoms with Gasteiger partial charge in [-0.1, -0.05) is 19.3 Å². The van der Waals surface area contributed by atoms with Gasteiger partial charge in [-0.15, -0.1) is 0 Å². The Balaban J connectivity index is 2.45. The van der Waals surface area contributed by atoms with Gasteiger partial charge in [-0.2, -0.15) is 13.2 Å². The van der Waals surface area contributed by atoms with Crippen LogP contribution < -0.4 is 11.1 Å². The third-order valence-corrected chi connectivity index (χ3v) is 2.65. The second-order valence-corrected chi connectivity index (χ2v) is 4.01. The van der Waals surface area contributed by atoms with Gasteiger partial charge in [0.25, 0.3) is 0 Å². The van der Waals surface area contributed by atoms with Crippen molar-refractivity contribution in [2.24, 2.45) is 5.73 Å². The number of rotatable bonds is 2. The van der Waals surface area contributed by atoms with Gasteiger partial charge in [-0.05, 0) is 12.8 Å². The van der Waals surface area contributed by atoms with Crippen molar-refractivity contribution in [1.82, 2.24) is 5.32 Å². The van der Waals surface area contributed by atoms with Gasteiger partial charge in [0.05, 0.1) is 5.54 Å². The minimum atomic E-state index is -4.37. The summed E-state index contributed by atoms with van der Waals surface area (Å²) < 4.78 is 35.6. The van der Waals surface area contributed by atoms with Crippen molar-refractivity contribution in [3.8, 4) is 0 Å². The summed E-state index contributed by atoms with van der Waals surface area (Å²) >= 11 is 0. The SMILES string of the molecule is NC1(C(=O)NCC(F)(F)F)CCCCC1. The summed E-state index contributed by atoms with van der Waals surface area (Å²) in [7, 11) is 0. The lowest BCUT2D eigenvalue weighted by Crippen LogP contribution is -2.56. The standard InChI is InChI=1S/C9H15F3N2O/c10-9(11,12)6-14-7(15)8(13)4-2-1-3-5-8/h1-6,13H2,(H,14,15). The van der Waals surface area contributed by atoms with Crippen LogP contribution >= 0.6 is 0 Å². The molecule has 1 rings (SSSR count). The van der Waals surface area contributed by atoms with Gasteiger partial charge in [-0.3, -0.25) is 4.79 Å². The van der Waals surface area contributed by atoms with E-state index in [1.54, 1.807) is 0 Å². The summed E-state index contributed by atoms with van der Waals surface area (Å²) in [5, 5.41) is 1.84. The number of amides is 1. The van der Waals surface area contributed by atoms with Crippen LogP contribution in [0.1, 0.15) is 32.1 Å². The smallest absolute Gasteiger partial charge is 0.345 e. The average Bonchev–Trinajstić information content (AvgIpc) is 2.14. The highest BCUT2D eigenvalue weighted by Crippen LogP contribution is 2.26. The number of nitrogens with one attached hydrogen (secondary N) is 1. The second-order valence-electron chi connectivity index (χ2n) is 4.01. The zero-order valence-corrected chi connectivity index (χ0v) is 8.36. The van der Waals surface area contributed by atoms with E-state index >= 15 is 0 Å². The number of carbonyl (C=O) groups excluding carboxylic acids is 1. The molecular formula is C9H15F3N2O. The van der Waals surface area contributed by atoms with Gasteiger partial charge in [0.15, 0.2) is 0 Å². The van der Waals surface area contributed by atoms with Gasteiger partial charge < -0.3 is 11.1 Å². The maximum absolute atomic E-state index is 11.9. The average molecular weight is 224 g/mol. The summed E-state index contributed by atoms with van der Waals surface area (Å²) in [5.74, 6) is -0.681. The lowest BCUT2D eigenvalue weighted by Gasteiger charge is -2.31. The Labute approximate surface area is 86.2 Å². The van der Waals surface area contributed by atoms with Crippen LogP contribution in [0.2, 0.25) is 0 Å². The maximum Gasteiger partial charge on any atom is 0.405 e. The van der Waals surface area contributed by atoms with E-state index in [-0.39, 0.29) is 0 Å². The number of nitrogens with two attached hydrogens (primary N) is 1. The fourth-order valence-corrected chi connectivity index (χ4v) is 1.77. The Hall–Kier alpha value is -0.780. The maximum atomic E-state index is 11.9. The lowest BCUT2D eigenvalue weighted by atomic mass is 9.82. The molecule has 3 N–H and O–H groups in total. The second kappa shape index (κ2) is 4.38. The molecule has 0 heterocycles. The molecule has 1 amide bonds. The molecule has 0 aromatic carbocycles. The third kappa shape index (κ3) is 3.70. The molecule has 6 heteroatoms. The van der Waals surface area contributed by atoms with Gasteiger partial charge >= 0.3 is 6.18 Å². The van der Waals surface area contributed by atoms with E-state index in [9.17, 15) is 18.0 Å². The predicted molar refractivity (Wildman–Crippen MR) is 49.1 cm³/mol. The topological polar surface area (TPSA) is 55.1 Å². The fourth-order valence-electron chi connectivity index (χ4n) is 1.77. The fraction of sp³-hybridized carbons (Fsp3) is 0.889. The molecule has 1 aliphatic rings. The van der Waals surface area contributed by atoms with Crippen molar-refractivity contribution in [1.29, 1.82) is 0 Å². The predicted octanol–water partition coefficient (Wildman–Crippen LogP) is 1.33. The van der Waals surface area contributed by atoms with Gasteiger partial charge in [0, 0.05) is 0 Å². The van der Waals surface area contributed by atoms with E-state index in [1.807, 2.05) is 5.32 Å². The first-order valence-electron chi connectivity index (χ1n) is 4.97. The molecule has 0 saturated heterocycles. The molecule has 15 heavy (non-hydrogen) atoms. The van der Waals surface area contributed by atoms with Gasteiger partial charge in [-0.25, -0.2) is 0 Å². The molecule has 0 aromatic heterocycles. The molecule has 0 unspecified atom stereocenters. The normalized spacial score (nSPS) is 21.1. The van der Waals surface area contributed by atoms with Crippen LogP contribution in [0.5, 0.6) is 0 Å². The van der Waals surface area contributed by atoms with Crippen LogP contribution in [0.3, 0.4) is 0 Å². The number of hydrogen-bond acceptors (Lipinski definition) is 2. The number of alkyl halides is 3. The van der Waals surface area contributed by atoms with E-state index in [1.165, 1.54) is 0 Å². The molecule has 1 fully saturated rings. The van der Waals surface area contributed by atoms with Crippen LogP contribution in [0.25, 0.3) is 0 Å². The quantitative estimate of drug-likeness (QED) is 0.743. The first-order valence-corrected chi connectivity index (χ1v) is 4.97. The zero-order valence-electron chi connectivity index (χ0n) is 8.36. The monoisotopic (exact) mass is 224 g/mol. The zero-order chi connectivity index (χ0) is 11.5. The van der Waals surface area contributed by atoms with E-state index in [0.717, 1.165) is 19.3 Å². The molecule has 1 saturated carbocycles.